The Bertz CT molecular complexity index is 504. The van der Waals surface area contributed by atoms with E-state index < -0.39 is 5.79 Å². The molecule has 1 aromatic rings. The van der Waals surface area contributed by atoms with Gasteiger partial charge in [-0.3, -0.25) is 0 Å². The summed E-state index contributed by atoms with van der Waals surface area (Å²) in [5, 5.41) is 0. The number of benzene rings is 1. The largest absolute Gasteiger partial charge is 0.381 e. The van der Waals surface area contributed by atoms with Gasteiger partial charge in [-0.05, 0) is 25.7 Å². The fourth-order valence-electron chi connectivity index (χ4n) is 4.31. The number of hydrogen-bond donors (Lipinski definition) is 0. The minimum Gasteiger partial charge on any atom is -0.381 e. The summed E-state index contributed by atoms with van der Waals surface area (Å²) in [6.07, 6.45) is 12.2. The lowest BCUT2D eigenvalue weighted by atomic mass is 9.80. The molecular weight excluding hydrogens is 360 g/mol. The van der Waals surface area contributed by atoms with Gasteiger partial charge in [-0.2, -0.15) is 0 Å². The van der Waals surface area contributed by atoms with E-state index >= 15 is 0 Å². The standard InChI is InChI=1S/C26H44O3/c1-4-7-8-9-10-12-17-25(20-23-21-27-22-23)26(28-18-5-2,29-19-6-3)24-15-13-11-14-16-24/h11,13-16,23,25H,4-10,12,17-22H2,1-3H3. The maximum atomic E-state index is 6.63. The summed E-state index contributed by atoms with van der Waals surface area (Å²) < 4.78 is 18.8. The van der Waals surface area contributed by atoms with Crippen LogP contribution in [-0.4, -0.2) is 26.4 Å². The summed E-state index contributed by atoms with van der Waals surface area (Å²) in [7, 11) is 0. The highest BCUT2D eigenvalue weighted by molar-refractivity contribution is 5.21. The van der Waals surface area contributed by atoms with Gasteiger partial charge in [0.25, 0.3) is 0 Å². The average Bonchev–Trinajstić information content (AvgIpc) is 2.73. The van der Waals surface area contributed by atoms with Crippen LogP contribution in [0.25, 0.3) is 0 Å². The SMILES string of the molecule is CCCCCCCCC(CC1COC1)C(OCCC)(OCCC)c1ccccc1. The molecule has 1 saturated heterocycles. The van der Waals surface area contributed by atoms with Crippen LogP contribution in [0.2, 0.25) is 0 Å². The van der Waals surface area contributed by atoms with E-state index in [0.29, 0.717) is 11.8 Å². The van der Waals surface area contributed by atoms with E-state index in [0.717, 1.165) is 52.1 Å². The van der Waals surface area contributed by atoms with Crippen molar-refractivity contribution in [3.8, 4) is 0 Å². The smallest absolute Gasteiger partial charge is 0.197 e. The zero-order valence-electron chi connectivity index (χ0n) is 19.2. The molecule has 0 amide bonds. The van der Waals surface area contributed by atoms with Crippen molar-refractivity contribution in [2.24, 2.45) is 11.8 Å². The Hall–Kier alpha value is -0.900. The lowest BCUT2D eigenvalue weighted by Crippen LogP contribution is -2.44. The number of hydrogen-bond acceptors (Lipinski definition) is 3. The Morgan fingerprint density at radius 1 is 0.862 bits per heavy atom. The first kappa shape index (κ1) is 24.4. The number of ether oxygens (including phenoxy) is 3. The third-order valence-corrected chi connectivity index (χ3v) is 5.99. The lowest BCUT2D eigenvalue weighted by molar-refractivity contribution is -0.285. The van der Waals surface area contributed by atoms with Gasteiger partial charge in [-0.15, -0.1) is 0 Å². The van der Waals surface area contributed by atoms with Crippen LogP contribution in [0.1, 0.15) is 90.5 Å². The maximum absolute atomic E-state index is 6.63. The van der Waals surface area contributed by atoms with Crippen LogP contribution in [0.15, 0.2) is 30.3 Å². The molecule has 1 aliphatic heterocycles. The third kappa shape index (κ3) is 7.70. The third-order valence-electron chi connectivity index (χ3n) is 5.99. The minimum absolute atomic E-state index is 0.364. The van der Waals surface area contributed by atoms with Crippen LogP contribution in [0, 0.1) is 11.8 Å². The molecule has 0 saturated carbocycles. The molecule has 1 fully saturated rings. The fourth-order valence-corrected chi connectivity index (χ4v) is 4.31. The van der Waals surface area contributed by atoms with Crippen molar-refractivity contribution < 1.29 is 14.2 Å². The van der Waals surface area contributed by atoms with Gasteiger partial charge in [0.2, 0.25) is 0 Å². The van der Waals surface area contributed by atoms with Crippen LogP contribution in [-0.2, 0) is 20.0 Å². The second-order valence-electron chi connectivity index (χ2n) is 8.62. The van der Waals surface area contributed by atoms with Crippen LogP contribution >= 0.6 is 0 Å². The first-order valence-corrected chi connectivity index (χ1v) is 12.2. The Labute approximate surface area is 179 Å². The van der Waals surface area contributed by atoms with Crippen LogP contribution in [0.3, 0.4) is 0 Å². The Kier molecular flexibility index (Phi) is 11.9. The average molecular weight is 405 g/mol. The molecule has 0 aromatic heterocycles. The van der Waals surface area contributed by atoms with Crippen LogP contribution in [0.4, 0.5) is 0 Å². The first-order chi connectivity index (χ1) is 14.3. The van der Waals surface area contributed by atoms with E-state index in [1.54, 1.807) is 0 Å². The van der Waals surface area contributed by atoms with E-state index in [2.05, 4.69) is 51.1 Å². The van der Waals surface area contributed by atoms with Gasteiger partial charge >= 0.3 is 0 Å². The molecule has 0 spiro atoms. The maximum Gasteiger partial charge on any atom is 0.197 e. The van der Waals surface area contributed by atoms with Crippen molar-refractivity contribution in [1.82, 2.24) is 0 Å². The summed E-state index contributed by atoms with van der Waals surface area (Å²) in [6.45, 7) is 9.87. The van der Waals surface area contributed by atoms with Gasteiger partial charge < -0.3 is 14.2 Å². The zero-order chi connectivity index (χ0) is 20.8. The molecule has 0 bridgehead atoms. The van der Waals surface area contributed by atoms with Crippen molar-refractivity contribution in [3.05, 3.63) is 35.9 Å². The number of unbranched alkanes of at least 4 members (excludes halogenated alkanes) is 5. The van der Waals surface area contributed by atoms with Crippen molar-refractivity contribution in [2.45, 2.75) is 90.8 Å². The van der Waals surface area contributed by atoms with Crippen molar-refractivity contribution in [2.75, 3.05) is 26.4 Å². The Morgan fingerprint density at radius 3 is 2.03 bits per heavy atom. The van der Waals surface area contributed by atoms with E-state index in [-0.39, 0.29) is 0 Å². The molecule has 166 valence electrons. The molecule has 3 nitrogen and oxygen atoms in total. The molecular formula is C26H44O3. The zero-order valence-corrected chi connectivity index (χ0v) is 19.2. The lowest BCUT2D eigenvalue weighted by Gasteiger charge is -2.43. The summed E-state index contributed by atoms with van der Waals surface area (Å²) in [5.41, 5.74) is 1.18. The topological polar surface area (TPSA) is 27.7 Å². The highest BCUT2D eigenvalue weighted by Gasteiger charge is 2.44. The van der Waals surface area contributed by atoms with Crippen molar-refractivity contribution >= 4 is 0 Å². The summed E-state index contributed by atoms with van der Waals surface area (Å²) >= 11 is 0. The quantitative estimate of drug-likeness (QED) is 0.205. The molecule has 2 rings (SSSR count). The predicted molar refractivity (Wildman–Crippen MR) is 121 cm³/mol. The molecule has 1 aromatic carbocycles. The van der Waals surface area contributed by atoms with Gasteiger partial charge in [0.1, 0.15) is 0 Å². The molecule has 1 aliphatic rings. The summed E-state index contributed by atoms with van der Waals surface area (Å²) in [4.78, 5) is 0. The highest BCUT2D eigenvalue weighted by Crippen LogP contribution is 2.43. The highest BCUT2D eigenvalue weighted by atomic mass is 16.7. The van der Waals surface area contributed by atoms with E-state index in [1.807, 2.05) is 0 Å². The molecule has 29 heavy (non-hydrogen) atoms. The Balaban J connectivity index is 2.19. The van der Waals surface area contributed by atoms with Gasteiger partial charge in [-0.1, -0.05) is 89.6 Å². The van der Waals surface area contributed by atoms with Gasteiger partial charge in [0.05, 0.1) is 26.4 Å². The van der Waals surface area contributed by atoms with Crippen LogP contribution in [0.5, 0.6) is 0 Å². The molecule has 0 N–H and O–H groups in total. The molecule has 1 atom stereocenters. The molecule has 1 heterocycles. The van der Waals surface area contributed by atoms with Crippen molar-refractivity contribution in [1.29, 1.82) is 0 Å². The first-order valence-electron chi connectivity index (χ1n) is 12.2. The second-order valence-corrected chi connectivity index (χ2v) is 8.62. The monoisotopic (exact) mass is 404 g/mol. The molecule has 1 unspecified atom stereocenters. The summed E-state index contributed by atoms with van der Waals surface area (Å²) in [6, 6.07) is 10.7. The van der Waals surface area contributed by atoms with Crippen LogP contribution < -0.4 is 0 Å². The molecule has 3 heteroatoms. The normalized spacial score (nSPS) is 16.0. The fraction of sp³-hybridized carbons (Fsp3) is 0.769. The number of rotatable bonds is 17. The molecule has 0 aliphatic carbocycles. The summed E-state index contributed by atoms with van der Waals surface area (Å²) in [5.74, 6) is 0.369. The minimum atomic E-state index is -0.633. The van der Waals surface area contributed by atoms with E-state index in [1.165, 1.54) is 44.1 Å². The van der Waals surface area contributed by atoms with Gasteiger partial charge in [0.15, 0.2) is 5.79 Å². The molecule has 0 radical (unpaired) electrons. The van der Waals surface area contributed by atoms with E-state index in [4.69, 9.17) is 14.2 Å². The predicted octanol–water partition coefficient (Wildman–Crippen LogP) is 7.10. The van der Waals surface area contributed by atoms with E-state index in [9.17, 15) is 0 Å². The van der Waals surface area contributed by atoms with Gasteiger partial charge in [-0.25, -0.2) is 0 Å². The van der Waals surface area contributed by atoms with Crippen molar-refractivity contribution in [3.63, 3.8) is 0 Å². The Morgan fingerprint density at radius 2 is 1.48 bits per heavy atom. The second kappa shape index (κ2) is 14.2. The van der Waals surface area contributed by atoms with Gasteiger partial charge in [0, 0.05) is 17.4 Å².